The van der Waals surface area contributed by atoms with Crippen molar-refractivity contribution in [2.24, 2.45) is 0 Å². The molecule has 6 heteroatoms. The number of esters is 1. The minimum absolute atomic E-state index is 0.398. The van der Waals surface area contributed by atoms with Gasteiger partial charge in [-0.05, 0) is 48.0 Å². The highest BCUT2D eigenvalue weighted by molar-refractivity contribution is 7.80. The average Bonchev–Trinajstić information content (AvgIpc) is 3.02. The Bertz CT molecular complexity index is 878. The van der Waals surface area contributed by atoms with E-state index >= 15 is 0 Å². The first kappa shape index (κ1) is 15.9. The first-order valence-electron chi connectivity index (χ1n) is 6.73. The summed E-state index contributed by atoms with van der Waals surface area (Å²) in [6.45, 7) is 0. The highest BCUT2D eigenvalue weighted by atomic mass is 32.9. The molecule has 0 amide bonds. The van der Waals surface area contributed by atoms with Gasteiger partial charge >= 0.3 is 5.97 Å². The van der Waals surface area contributed by atoms with Crippen molar-refractivity contribution >= 4 is 38.9 Å². The molecule has 116 valence electrons. The molecule has 0 aliphatic carbocycles. The van der Waals surface area contributed by atoms with Crippen LogP contribution in [0.25, 0.3) is 10.4 Å². The van der Waals surface area contributed by atoms with Crippen LogP contribution >= 0.6 is 32.9 Å². The molecule has 3 nitrogen and oxygen atoms in total. The molecular formula is C17H12O3S3. The van der Waals surface area contributed by atoms with Crippen molar-refractivity contribution in [2.75, 3.05) is 7.11 Å². The van der Waals surface area contributed by atoms with Gasteiger partial charge in [-0.1, -0.05) is 45.0 Å². The van der Waals surface area contributed by atoms with Crippen LogP contribution < -0.4 is 9.47 Å². The zero-order valence-electron chi connectivity index (χ0n) is 12.1. The van der Waals surface area contributed by atoms with E-state index in [2.05, 4.69) is 0 Å². The molecule has 0 fully saturated rings. The summed E-state index contributed by atoms with van der Waals surface area (Å²) < 4.78 is 11.5. The molecule has 2 aromatic carbocycles. The summed E-state index contributed by atoms with van der Waals surface area (Å²) in [4.78, 5) is 13.4. The first-order valence-corrected chi connectivity index (χ1v) is 9.29. The summed E-state index contributed by atoms with van der Waals surface area (Å²) in [6, 6.07) is 16.3. The van der Waals surface area contributed by atoms with Crippen molar-refractivity contribution < 1.29 is 14.3 Å². The fraction of sp³-hybridized carbons (Fsp3) is 0.0588. The molecule has 0 atom stereocenters. The van der Waals surface area contributed by atoms with Gasteiger partial charge in [-0.15, -0.1) is 0 Å². The predicted octanol–water partition coefficient (Wildman–Crippen LogP) is 5.43. The lowest BCUT2D eigenvalue weighted by Gasteiger charge is -2.08. The number of para-hydroxylation sites is 1. The summed E-state index contributed by atoms with van der Waals surface area (Å²) in [5.41, 5.74) is 1.45. The number of rotatable bonds is 4. The first-order chi connectivity index (χ1) is 11.2. The van der Waals surface area contributed by atoms with E-state index in [1.165, 1.54) is 7.11 Å². The van der Waals surface area contributed by atoms with Crippen molar-refractivity contribution in [1.82, 2.24) is 0 Å². The summed E-state index contributed by atoms with van der Waals surface area (Å²) in [6.07, 6.45) is 0. The number of methoxy groups -OCH3 is 1. The molecule has 0 spiro atoms. The Morgan fingerprint density at radius 2 is 1.78 bits per heavy atom. The van der Waals surface area contributed by atoms with Gasteiger partial charge < -0.3 is 9.47 Å². The molecule has 0 unspecified atom stereocenters. The topological polar surface area (TPSA) is 35.5 Å². The van der Waals surface area contributed by atoms with E-state index in [0.29, 0.717) is 17.1 Å². The Morgan fingerprint density at radius 3 is 2.43 bits per heavy atom. The molecular weight excluding hydrogens is 348 g/mol. The van der Waals surface area contributed by atoms with Crippen LogP contribution in [0.15, 0.2) is 54.6 Å². The van der Waals surface area contributed by atoms with Crippen molar-refractivity contribution in [3.63, 3.8) is 0 Å². The molecule has 3 rings (SSSR count). The molecule has 0 saturated carbocycles. The maximum atomic E-state index is 12.2. The van der Waals surface area contributed by atoms with E-state index in [0.717, 1.165) is 14.3 Å². The van der Waals surface area contributed by atoms with Crippen LogP contribution in [0, 0.1) is 3.82 Å². The highest BCUT2D eigenvalue weighted by Gasteiger charge is 2.14. The number of benzene rings is 2. The van der Waals surface area contributed by atoms with Crippen LogP contribution in [0.3, 0.4) is 0 Å². The van der Waals surface area contributed by atoms with Gasteiger partial charge in [0.25, 0.3) is 0 Å². The molecule has 1 aromatic heterocycles. The van der Waals surface area contributed by atoms with Crippen LogP contribution in [-0.2, 0) is 0 Å². The molecule has 0 N–H and O–H groups in total. The number of hydrogen-bond acceptors (Lipinski definition) is 6. The molecule has 0 saturated heterocycles. The van der Waals surface area contributed by atoms with Crippen LogP contribution in [0.5, 0.6) is 11.5 Å². The molecule has 0 radical (unpaired) electrons. The van der Waals surface area contributed by atoms with Crippen LogP contribution in [0.2, 0.25) is 0 Å². The van der Waals surface area contributed by atoms with Crippen LogP contribution in [0.4, 0.5) is 0 Å². The molecule has 3 aromatic rings. The van der Waals surface area contributed by atoms with Gasteiger partial charge in [0, 0.05) is 4.88 Å². The largest absolute Gasteiger partial charge is 0.496 e. The van der Waals surface area contributed by atoms with E-state index in [9.17, 15) is 4.79 Å². The molecule has 0 aliphatic rings. The van der Waals surface area contributed by atoms with Crippen LogP contribution in [0.1, 0.15) is 10.4 Å². The third-order valence-electron chi connectivity index (χ3n) is 3.14. The Labute approximate surface area is 146 Å². The maximum absolute atomic E-state index is 12.2. The lowest BCUT2D eigenvalue weighted by molar-refractivity contribution is 0.0731. The second kappa shape index (κ2) is 7.04. The number of ether oxygens (including phenoxy) is 2. The van der Waals surface area contributed by atoms with E-state index in [-0.39, 0.29) is 0 Å². The summed E-state index contributed by atoms with van der Waals surface area (Å²) in [7, 11) is 4.73. The zero-order chi connectivity index (χ0) is 16.2. The molecule has 0 bridgehead atoms. The van der Waals surface area contributed by atoms with Gasteiger partial charge in [-0.3, -0.25) is 0 Å². The fourth-order valence-electron chi connectivity index (χ4n) is 2.04. The SMILES string of the molecule is COc1ccccc1C(=O)Oc1ccc(-c2cc(=S)ss2)cc1. The predicted molar refractivity (Wildman–Crippen MR) is 96.4 cm³/mol. The van der Waals surface area contributed by atoms with E-state index in [1.807, 2.05) is 18.2 Å². The summed E-state index contributed by atoms with van der Waals surface area (Å²) in [5, 5.41) is 0. The lowest BCUT2D eigenvalue weighted by atomic mass is 10.2. The summed E-state index contributed by atoms with van der Waals surface area (Å²) >= 11 is 5.14. The fourth-order valence-corrected chi connectivity index (χ4v) is 4.44. The van der Waals surface area contributed by atoms with Crippen LogP contribution in [-0.4, -0.2) is 13.1 Å². The minimum Gasteiger partial charge on any atom is -0.496 e. The molecule has 1 heterocycles. The second-order valence-electron chi connectivity index (χ2n) is 4.61. The van der Waals surface area contributed by atoms with Gasteiger partial charge in [-0.25, -0.2) is 4.79 Å². The maximum Gasteiger partial charge on any atom is 0.347 e. The monoisotopic (exact) mass is 360 g/mol. The Kier molecular flexibility index (Phi) is 4.85. The Morgan fingerprint density at radius 1 is 1.04 bits per heavy atom. The molecule has 0 aliphatic heterocycles. The smallest absolute Gasteiger partial charge is 0.347 e. The second-order valence-corrected chi connectivity index (χ2v) is 7.52. The number of carbonyl (C=O) groups is 1. The van der Waals surface area contributed by atoms with Gasteiger partial charge in [-0.2, -0.15) is 0 Å². The van der Waals surface area contributed by atoms with Crippen molar-refractivity contribution in [2.45, 2.75) is 0 Å². The number of carbonyl (C=O) groups excluding carboxylic acids is 1. The van der Waals surface area contributed by atoms with Gasteiger partial charge in [0.15, 0.2) is 0 Å². The Hall–Kier alpha value is -2.02. The van der Waals surface area contributed by atoms with Gasteiger partial charge in [0.1, 0.15) is 20.9 Å². The van der Waals surface area contributed by atoms with Gasteiger partial charge in [0.05, 0.1) is 7.11 Å². The van der Waals surface area contributed by atoms with E-state index < -0.39 is 5.97 Å². The van der Waals surface area contributed by atoms with Gasteiger partial charge in [0.2, 0.25) is 0 Å². The molecule has 23 heavy (non-hydrogen) atoms. The normalized spacial score (nSPS) is 10.3. The van der Waals surface area contributed by atoms with E-state index in [4.69, 9.17) is 21.7 Å². The zero-order valence-corrected chi connectivity index (χ0v) is 14.6. The van der Waals surface area contributed by atoms with Crippen molar-refractivity contribution in [3.05, 3.63) is 64.0 Å². The van der Waals surface area contributed by atoms with Crippen molar-refractivity contribution in [3.8, 4) is 21.9 Å². The minimum atomic E-state index is -0.443. The number of hydrogen-bond donors (Lipinski definition) is 0. The lowest BCUT2D eigenvalue weighted by Crippen LogP contribution is -2.09. The highest BCUT2D eigenvalue weighted by Crippen LogP contribution is 2.30. The quantitative estimate of drug-likeness (QED) is 0.269. The third-order valence-corrected chi connectivity index (χ3v) is 6.05. The summed E-state index contributed by atoms with van der Waals surface area (Å²) in [5.74, 6) is 0.539. The van der Waals surface area contributed by atoms with E-state index in [1.54, 1.807) is 57.1 Å². The Balaban J connectivity index is 1.78. The average molecular weight is 360 g/mol. The third kappa shape index (κ3) is 3.67. The van der Waals surface area contributed by atoms with Crippen molar-refractivity contribution in [1.29, 1.82) is 0 Å². The standard InChI is InChI=1S/C17H12O3S3/c1-19-14-5-3-2-4-13(14)17(18)20-12-8-6-11(7-9-12)15-10-16(21)23-22-15/h2-10H,1H3.